The molecule has 0 fully saturated rings. The highest BCUT2D eigenvalue weighted by Crippen LogP contribution is 2.42. The Morgan fingerprint density at radius 1 is 1.57 bits per heavy atom. The first kappa shape index (κ1) is 14.4. The standard InChI is InChI=1S/C15H19BrN4O/c1-9(19-13-3-4-18-20-13)12-6-11(16)5-10-7-15(2,8-17)21-14(10)12/h3-6,9H,7-8,17H2,1-2H3,(H2,18,19,20)/t9-,15?/m1/s1. The molecule has 2 heterocycles. The van der Waals surface area contributed by atoms with Gasteiger partial charge in [-0.05, 0) is 37.6 Å². The molecule has 1 aliphatic rings. The van der Waals surface area contributed by atoms with Crippen LogP contribution >= 0.6 is 15.9 Å². The van der Waals surface area contributed by atoms with Crippen LogP contribution in [0.4, 0.5) is 5.82 Å². The van der Waals surface area contributed by atoms with Gasteiger partial charge in [0.25, 0.3) is 0 Å². The van der Waals surface area contributed by atoms with E-state index in [4.69, 9.17) is 10.5 Å². The molecule has 1 aromatic heterocycles. The number of aromatic nitrogens is 2. The van der Waals surface area contributed by atoms with E-state index in [0.717, 1.165) is 28.0 Å². The van der Waals surface area contributed by atoms with Gasteiger partial charge in [0.1, 0.15) is 17.2 Å². The van der Waals surface area contributed by atoms with Crippen molar-refractivity contribution in [1.29, 1.82) is 0 Å². The highest BCUT2D eigenvalue weighted by molar-refractivity contribution is 9.10. The van der Waals surface area contributed by atoms with Gasteiger partial charge in [-0.15, -0.1) is 0 Å². The predicted octanol–water partition coefficient (Wildman–Crippen LogP) is 3.00. The number of benzene rings is 1. The maximum absolute atomic E-state index is 6.16. The fraction of sp³-hybridized carbons (Fsp3) is 0.400. The summed E-state index contributed by atoms with van der Waals surface area (Å²) in [5.41, 5.74) is 7.86. The van der Waals surface area contributed by atoms with Crippen LogP contribution in [-0.2, 0) is 6.42 Å². The smallest absolute Gasteiger partial charge is 0.128 e. The van der Waals surface area contributed by atoms with Crippen LogP contribution in [0.3, 0.4) is 0 Å². The molecule has 0 spiro atoms. The Labute approximate surface area is 132 Å². The van der Waals surface area contributed by atoms with Crippen molar-refractivity contribution < 1.29 is 4.74 Å². The van der Waals surface area contributed by atoms with E-state index in [-0.39, 0.29) is 11.6 Å². The summed E-state index contributed by atoms with van der Waals surface area (Å²) in [6, 6.07) is 6.20. The lowest BCUT2D eigenvalue weighted by atomic mass is 9.97. The van der Waals surface area contributed by atoms with Crippen LogP contribution in [0.15, 0.2) is 28.9 Å². The Morgan fingerprint density at radius 2 is 2.38 bits per heavy atom. The minimum atomic E-state index is -0.314. The van der Waals surface area contributed by atoms with Gasteiger partial charge in [0.15, 0.2) is 0 Å². The number of H-pyrrole nitrogens is 1. The van der Waals surface area contributed by atoms with Gasteiger partial charge in [0, 0.05) is 23.0 Å². The molecule has 0 amide bonds. The number of nitrogens with two attached hydrogens (primary N) is 1. The first-order valence-corrected chi connectivity index (χ1v) is 7.77. The highest BCUT2D eigenvalue weighted by atomic mass is 79.9. The largest absolute Gasteiger partial charge is 0.485 e. The Morgan fingerprint density at radius 3 is 3.05 bits per heavy atom. The Balaban J connectivity index is 1.93. The summed E-state index contributed by atoms with van der Waals surface area (Å²) in [6.07, 6.45) is 2.56. The summed E-state index contributed by atoms with van der Waals surface area (Å²) < 4.78 is 7.21. The summed E-state index contributed by atoms with van der Waals surface area (Å²) in [7, 11) is 0. The first-order valence-electron chi connectivity index (χ1n) is 6.98. The normalized spacial score (nSPS) is 21.7. The molecule has 4 N–H and O–H groups in total. The van der Waals surface area contributed by atoms with Crippen molar-refractivity contribution in [2.24, 2.45) is 5.73 Å². The molecular weight excluding hydrogens is 332 g/mol. The number of rotatable bonds is 4. The van der Waals surface area contributed by atoms with Gasteiger partial charge in [0.2, 0.25) is 0 Å². The summed E-state index contributed by atoms with van der Waals surface area (Å²) >= 11 is 3.59. The number of anilines is 1. The molecule has 2 atom stereocenters. The fourth-order valence-corrected chi connectivity index (χ4v) is 3.22. The van der Waals surface area contributed by atoms with Gasteiger partial charge >= 0.3 is 0 Å². The summed E-state index contributed by atoms with van der Waals surface area (Å²) in [4.78, 5) is 0. The molecule has 1 aliphatic heterocycles. The number of hydrogen-bond acceptors (Lipinski definition) is 4. The van der Waals surface area contributed by atoms with Crippen molar-refractivity contribution in [3.05, 3.63) is 40.0 Å². The number of nitrogens with one attached hydrogen (secondary N) is 2. The zero-order valence-electron chi connectivity index (χ0n) is 12.1. The van der Waals surface area contributed by atoms with Crippen molar-refractivity contribution in [1.82, 2.24) is 10.2 Å². The molecule has 112 valence electrons. The number of hydrogen-bond donors (Lipinski definition) is 3. The van der Waals surface area contributed by atoms with Crippen LogP contribution in [0.2, 0.25) is 0 Å². The van der Waals surface area contributed by atoms with E-state index < -0.39 is 0 Å². The minimum Gasteiger partial charge on any atom is -0.485 e. The number of halogens is 1. The Kier molecular flexibility index (Phi) is 3.67. The van der Waals surface area contributed by atoms with Crippen LogP contribution in [0.5, 0.6) is 5.75 Å². The SMILES string of the molecule is C[C@@H](Nc1ccn[nH]1)c1cc(Br)cc2c1OC(C)(CN)C2. The topological polar surface area (TPSA) is 76.0 Å². The monoisotopic (exact) mass is 350 g/mol. The third-order valence-corrected chi connectivity index (χ3v) is 4.30. The van der Waals surface area contributed by atoms with Crippen LogP contribution in [0, 0.1) is 0 Å². The molecule has 0 saturated carbocycles. The maximum atomic E-state index is 6.16. The molecule has 3 rings (SSSR count). The molecule has 6 heteroatoms. The van der Waals surface area contributed by atoms with Gasteiger partial charge in [-0.1, -0.05) is 15.9 Å². The highest BCUT2D eigenvalue weighted by Gasteiger charge is 2.36. The minimum absolute atomic E-state index is 0.0943. The van der Waals surface area contributed by atoms with Crippen LogP contribution in [0.1, 0.15) is 31.0 Å². The molecule has 0 bridgehead atoms. The Hall–Kier alpha value is -1.53. The first-order chi connectivity index (χ1) is 10.0. The van der Waals surface area contributed by atoms with Crippen molar-refractivity contribution >= 4 is 21.7 Å². The van der Waals surface area contributed by atoms with Gasteiger partial charge in [-0.2, -0.15) is 5.10 Å². The lowest BCUT2D eigenvalue weighted by Crippen LogP contribution is -2.39. The van der Waals surface area contributed by atoms with E-state index in [1.54, 1.807) is 6.20 Å². The zero-order valence-corrected chi connectivity index (χ0v) is 13.7. The second kappa shape index (κ2) is 5.35. The van der Waals surface area contributed by atoms with Gasteiger partial charge in [-0.25, -0.2) is 0 Å². The Bertz CT molecular complexity index is 643. The van der Waals surface area contributed by atoms with Gasteiger partial charge in [0.05, 0.1) is 12.2 Å². The molecule has 21 heavy (non-hydrogen) atoms. The summed E-state index contributed by atoms with van der Waals surface area (Å²) in [6.45, 7) is 4.66. The van der Waals surface area contributed by atoms with Crippen molar-refractivity contribution in [2.75, 3.05) is 11.9 Å². The summed E-state index contributed by atoms with van der Waals surface area (Å²) in [5, 5.41) is 10.3. The lowest BCUT2D eigenvalue weighted by Gasteiger charge is -2.23. The number of fused-ring (bicyclic) bond motifs is 1. The van der Waals surface area contributed by atoms with E-state index in [2.05, 4.69) is 57.4 Å². The van der Waals surface area contributed by atoms with E-state index in [1.807, 2.05) is 6.07 Å². The molecule has 1 aromatic carbocycles. The average Bonchev–Trinajstić information content (AvgIpc) is 3.05. The quantitative estimate of drug-likeness (QED) is 0.792. The molecule has 2 aromatic rings. The number of aromatic amines is 1. The maximum Gasteiger partial charge on any atom is 0.128 e. The second-order valence-electron chi connectivity index (χ2n) is 5.75. The van der Waals surface area contributed by atoms with Crippen molar-refractivity contribution in [2.45, 2.75) is 31.9 Å². The predicted molar refractivity (Wildman–Crippen MR) is 86.6 cm³/mol. The van der Waals surface area contributed by atoms with E-state index in [0.29, 0.717) is 6.54 Å². The number of nitrogens with zero attached hydrogens (tertiary/aromatic N) is 1. The second-order valence-corrected chi connectivity index (χ2v) is 6.67. The third kappa shape index (κ3) is 2.78. The fourth-order valence-electron chi connectivity index (χ4n) is 2.70. The van der Waals surface area contributed by atoms with Gasteiger partial charge in [-0.3, -0.25) is 5.10 Å². The van der Waals surface area contributed by atoms with Gasteiger partial charge < -0.3 is 15.8 Å². The van der Waals surface area contributed by atoms with E-state index in [9.17, 15) is 0 Å². The number of ether oxygens (including phenoxy) is 1. The van der Waals surface area contributed by atoms with Crippen LogP contribution in [-0.4, -0.2) is 22.3 Å². The van der Waals surface area contributed by atoms with E-state index in [1.165, 1.54) is 5.56 Å². The zero-order chi connectivity index (χ0) is 15.0. The lowest BCUT2D eigenvalue weighted by molar-refractivity contribution is 0.124. The molecule has 5 nitrogen and oxygen atoms in total. The molecule has 0 radical (unpaired) electrons. The van der Waals surface area contributed by atoms with Crippen LogP contribution < -0.4 is 15.8 Å². The third-order valence-electron chi connectivity index (χ3n) is 3.84. The van der Waals surface area contributed by atoms with Crippen LogP contribution in [0.25, 0.3) is 0 Å². The van der Waals surface area contributed by atoms with Crippen molar-refractivity contribution in [3.63, 3.8) is 0 Å². The van der Waals surface area contributed by atoms with Crippen molar-refractivity contribution in [3.8, 4) is 5.75 Å². The molecule has 1 unspecified atom stereocenters. The van der Waals surface area contributed by atoms with E-state index >= 15 is 0 Å². The molecular formula is C15H19BrN4O. The average molecular weight is 351 g/mol. The summed E-state index contributed by atoms with van der Waals surface area (Å²) in [5.74, 6) is 1.83. The molecule has 0 aliphatic carbocycles. The molecule has 0 saturated heterocycles.